The summed E-state index contributed by atoms with van der Waals surface area (Å²) in [7, 11) is 0. The van der Waals surface area contributed by atoms with Gasteiger partial charge in [-0.1, -0.05) is 41.6 Å². The van der Waals surface area contributed by atoms with Crippen molar-refractivity contribution in [3.63, 3.8) is 0 Å². The van der Waals surface area contributed by atoms with Crippen LogP contribution in [0.15, 0.2) is 41.8 Å². The van der Waals surface area contributed by atoms with E-state index >= 15 is 0 Å². The van der Waals surface area contributed by atoms with Gasteiger partial charge < -0.3 is 5.32 Å². The maximum absolute atomic E-state index is 4.43. The van der Waals surface area contributed by atoms with Crippen molar-refractivity contribution >= 4 is 11.8 Å². The van der Waals surface area contributed by atoms with Crippen molar-refractivity contribution in [2.45, 2.75) is 43.3 Å². The Morgan fingerprint density at radius 2 is 2.00 bits per heavy atom. The van der Waals surface area contributed by atoms with E-state index in [0.29, 0.717) is 0 Å². The van der Waals surface area contributed by atoms with E-state index in [4.69, 9.17) is 0 Å². The number of nitrogens with zero attached hydrogens (tertiary/aromatic N) is 2. The molecule has 0 spiro atoms. The van der Waals surface area contributed by atoms with Crippen molar-refractivity contribution in [2.75, 3.05) is 0 Å². The third-order valence-corrected chi connectivity index (χ3v) is 4.25. The van der Waals surface area contributed by atoms with Crippen LogP contribution in [0.4, 0.5) is 0 Å². The highest BCUT2D eigenvalue weighted by Crippen LogP contribution is 2.21. The van der Waals surface area contributed by atoms with Crippen LogP contribution in [0.1, 0.15) is 29.5 Å². The molecule has 1 fully saturated rings. The number of nitrogens with one attached hydrogen (secondary N) is 1. The van der Waals surface area contributed by atoms with E-state index in [2.05, 4.69) is 46.5 Å². The maximum atomic E-state index is 4.43. The van der Waals surface area contributed by atoms with Gasteiger partial charge in [-0.05, 0) is 25.3 Å². The van der Waals surface area contributed by atoms with Crippen molar-refractivity contribution in [3.8, 4) is 0 Å². The fourth-order valence-electron chi connectivity index (χ4n) is 2.01. The molecule has 1 aromatic heterocycles. The predicted molar refractivity (Wildman–Crippen MR) is 82.6 cm³/mol. The van der Waals surface area contributed by atoms with E-state index in [-0.39, 0.29) is 0 Å². The Morgan fingerprint density at radius 3 is 2.70 bits per heavy atom. The monoisotopic (exact) mass is 285 g/mol. The Kier molecular flexibility index (Phi) is 4.33. The molecule has 0 bridgehead atoms. The highest BCUT2D eigenvalue weighted by atomic mass is 32.2. The zero-order chi connectivity index (χ0) is 13.8. The summed E-state index contributed by atoms with van der Waals surface area (Å²) in [4.78, 5) is 8.85. The molecule has 1 aliphatic carbocycles. The lowest BCUT2D eigenvalue weighted by atomic mass is 10.2. The molecular weight excluding hydrogens is 266 g/mol. The minimum absolute atomic E-state index is 0.727. The summed E-state index contributed by atoms with van der Waals surface area (Å²) in [6.07, 6.45) is 6.48. The van der Waals surface area contributed by atoms with E-state index in [1.165, 1.54) is 24.0 Å². The lowest BCUT2D eigenvalue weighted by Crippen LogP contribution is -2.15. The molecule has 1 aromatic carbocycles. The first kappa shape index (κ1) is 13.6. The van der Waals surface area contributed by atoms with Crippen LogP contribution in [0.2, 0.25) is 0 Å². The Morgan fingerprint density at radius 1 is 1.20 bits per heavy atom. The van der Waals surface area contributed by atoms with E-state index in [9.17, 15) is 0 Å². The fraction of sp³-hybridized carbons (Fsp3) is 0.375. The van der Waals surface area contributed by atoms with E-state index < -0.39 is 0 Å². The molecule has 0 unspecified atom stereocenters. The molecule has 1 N–H and O–H groups in total. The first-order valence-corrected chi connectivity index (χ1v) is 8.01. The second-order valence-electron chi connectivity index (χ2n) is 5.31. The van der Waals surface area contributed by atoms with E-state index in [1.54, 1.807) is 11.8 Å². The summed E-state index contributed by atoms with van der Waals surface area (Å²) in [6.45, 7) is 3.00. The van der Waals surface area contributed by atoms with Crippen LogP contribution in [-0.4, -0.2) is 16.0 Å². The molecule has 3 nitrogen and oxygen atoms in total. The zero-order valence-electron chi connectivity index (χ0n) is 11.7. The molecule has 0 amide bonds. The Hall–Kier alpha value is -1.39. The van der Waals surface area contributed by atoms with Crippen LogP contribution in [0.25, 0.3) is 0 Å². The summed E-state index contributed by atoms with van der Waals surface area (Å²) in [5.74, 6) is 0.918. The van der Waals surface area contributed by atoms with Crippen molar-refractivity contribution < 1.29 is 0 Å². The van der Waals surface area contributed by atoms with Crippen molar-refractivity contribution in [3.05, 3.63) is 53.3 Å². The second-order valence-corrected chi connectivity index (χ2v) is 6.25. The molecule has 2 aromatic rings. The molecule has 4 heteroatoms. The summed E-state index contributed by atoms with van der Waals surface area (Å²) in [5.41, 5.74) is 3.78. The molecule has 3 rings (SSSR count). The first-order valence-electron chi connectivity index (χ1n) is 7.02. The van der Waals surface area contributed by atoms with Gasteiger partial charge in [0.05, 0.1) is 0 Å². The Balaban J connectivity index is 1.52. The van der Waals surface area contributed by atoms with Crippen molar-refractivity contribution in [2.24, 2.45) is 0 Å². The van der Waals surface area contributed by atoms with Crippen LogP contribution in [0.3, 0.4) is 0 Å². The molecule has 0 radical (unpaired) electrons. The van der Waals surface area contributed by atoms with Gasteiger partial charge in [0.15, 0.2) is 5.16 Å². The summed E-state index contributed by atoms with van der Waals surface area (Å²) < 4.78 is 0. The third-order valence-electron chi connectivity index (χ3n) is 3.30. The number of hydrogen-bond acceptors (Lipinski definition) is 4. The molecular formula is C16H19N3S. The smallest absolute Gasteiger partial charge is 0.187 e. The maximum Gasteiger partial charge on any atom is 0.187 e. The molecule has 0 saturated heterocycles. The largest absolute Gasteiger partial charge is 0.310 e. The number of benzene rings is 1. The number of hydrogen-bond donors (Lipinski definition) is 1. The van der Waals surface area contributed by atoms with Gasteiger partial charge in [0.2, 0.25) is 0 Å². The van der Waals surface area contributed by atoms with Crippen LogP contribution in [0, 0.1) is 6.92 Å². The zero-order valence-corrected chi connectivity index (χ0v) is 12.5. The lowest BCUT2D eigenvalue weighted by molar-refractivity contribution is 0.680. The number of thioether (sulfide) groups is 1. The molecule has 0 atom stereocenters. The van der Waals surface area contributed by atoms with Crippen LogP contribution < -0.4 is 5.32 Å². The Bertz CT molecular complexity index is 564. The molecule has 1 aliphatic rings. The molecule has 1 saturated carbocycles. The van der Waals surface area contributed by atoms with Gasteiger partial charge in [-0.15, -0.1) is 0 Å². The minimum Gasteiger partial charge on any atom is -0.310 e. The van der Waals surface area contributed by atoms with Gasteiger partial charge >= 0.3 is 0 Å². The topological polar surface area (TPSA) is 37.8 Å². The molecule has 0 aliphatic heterocycles. The van der Waals surface area contributed by atoms with Gasteiger partial charge in [0, 0.05) is 36.3 Å². The van der Waals surface area contributed by atoms with Crippen molar-refractivity contribution in [1.29, 1.82) is 0 Å². The number of rotatable bonds is 6. The average Bonchev–Trinajstić information content (AvgIpc) is 3.28. The Labute approximate surface area is 124 Å². The molecule has 1 heterocycles. The summed E-state index contributed by atoms with van der Waals surface area (Å²) in [6, 6.07) is 9.30. The fourth-order valence-corrected chi connectivity index (χ4v) is 2.74. The molecule has 20 heavy (non-hydrogen) atoms. The van der Waals surface area contributed by atoms with Gasteiger partial charge in [-0.2, -0.15) is 0 Å². The molecule has 104 valence electrons. The summed E-state index contributed by atoms with van der Waals surface area (Å²) >= 11 is 1.69. The highest BCUT2D eigenvalue weighted by molar-refractivity contribution is 7.98. The van der Waals surface area contributed by atoms with Crippen LogP contribution in [0.5, 0.6) is 0 Å². The van der Waals surface area contributed by atoms with Gasteiger partial charge in [-0.25, -0.2) is 9.97 Å². The third kappa shape index (κ3) is 4.05. The quantitative estimate of drug-likeness (QED) is 0.652. The van der Waals surface area contributed by atoms with E-state index in [1.807, 2.05) is 12.4 Å². The highest BCUT2D eigenvalue weighted by Gasteiger charge is 2.19. The average molecular weight is 285 g/mol. The van der Waals surface area contributed by atoms with Crippen LogP contribution in [-0.2, 0) is 12.3 Å². The predicted octanol–water partition coefficient (Wildman–Crippen LogP) is 3.33. The normalized spacial score (nSPS) is 14.4. The van der Waals surface area contributed by atoms with E-state index in [0.717, 1.165) is 29.1 Å². The SMILES string of the molecule is Cc1cccc(CSc2ncc(CNC3CC3)cn2)c1. The van der Waals surface area contributed by atoms with Gasteiger partial charge in [0.1, 0.15) is 0 Å². The number of aromatic nitrogens is 2. The van der Waals surface area contributed by atoms with Crippen LogP contribution >= 0.6 is 11.8 Å². The standard InChI is InChI=1S/C16H19N3S/c1-12-3-2-4-13(7-12)11-20-16-18-9-14(10-19-16)8-17-15-5-6-15/h2-4,7,9-10,15,17H,5-6,8,11H2,1H3. The van der Waals surface area contributed by atoms with Gasteiger partial charge in [0.25, 0.3) is 0 Å². The first-order chi connectivity index (χ1) is 9.79. The van der Waals surface area contributed by atoms with Crippen molar-refractivity contribution in [1.82, 2.24) is 15.3 Å². The summed E-state index contributed by atoms with van der Waals surface area (Å²) in [5, 5.41) is 4.32. The number of aryl methyl sites for hydroxylation is 1. The lowest BCUT2D eigenvalue weighted by Gasteiger charge is -2.04. The second kappa shape index (κ2) is 6.37. The minimum atomic E-state index is 0.727. The van der Waals surface area contributed by atoms with Gasteiger partial charge in [-0.3, -0.25) is 0 Å².